The second-order valence-corrected chi connectivity index (χ2v) is 5.46. The zero-order valence-electron chi connectivity index (χ0n) is 10.6. The van der Waals surface area contributed by atoms with E-state index in [1.165, 1.54) is 0 Å². The molecule has 1 aliphatic carbocycles. The van der Waals surface area contributed by atoms with Gasteiger partial charge in [-0.05, 0) is 31.4 Å². The van der Waals surface area contributed by atoms with Gasteiger partial charge < -0.3 is 11.1 Å². The SMILES string of the molecule is Cc1cccc(C(=O)NC2(CN)CCCC2)c1Cl. The van der Waals surface area contributed by atoms with Crippen LogP contribution in [0.15, 0.2) is 18.2 Å². The van der Waals surface area contributed by atoms with Crippen LogP contribution in [0.3, 0.4) is 0 Å². The van der Waals surface area contributed by atoms with Gasteiger partial charge in [-0.1, -0.05) is 36.6 Å². The molecule has 0 aromatic heterocycles. The van der Waals surface area contributed by atoms with Crippen molar-refractivity contribution in [2.75, 3.05) is 6.54 Å². The summed E-state index contributed by atoms with van der Waals surface area (Å²) in [6.07, 6.45) is 4.16. The Morgan fingerprint density at radius 3 is 2.72 bits per heavy atom. The molecule has 0 saturated heterocycles. The monoisotopic (exact) mass is 266 g/mol. The van der Waals surface area contributed by atoms with Gasteiger partial charge in [0.2, 0.25) is 0 Å². The van der Waals surface area contributed by atoms with Gasteiger partial charge in [-0.3, -0.25) is 4.79 Å². The van der Waals surface area contributed by atoms with Crippen molar-refractivity contribution in [3.8, 4) is 0 Å². The number of nitrogens with one attached hydrogen (secondary N) is 1. The average Bonchev–Trinajstić information content (AvgIpc) is 2.81. The van der Waals surface area contributed by atoms with Crippen LogP contribution in [0.2, 0.25) is 5.02 Å². The number of hydrogen-bond donors (Lipinski definition) is 2. The summed E-state index contributed by atoms with van der Waals surface area (Å²) in [5, 5.41) is 3.61. The smallest absolute Gasteiger partial charge is 0.253 e. The maximum absolute atomic E-state index is 12.3. The summed E-state index contributed by atoms with van der Waals surface area (Å²) in [5.41, 5.74) is 7.04. The van der Waals surface area contributed by atoms with Gasteiger partial charge in [-0.2, -0.15) is 0 Å². The molecule has 0 aliphatic heterocycles. The Balaban J connectivity index is 2.19. The van der Waals surface area contributed by atoms with Crippen LogP contribution in [0.5, 0.6) is 0 Å². The van der Waals surface area contributed by atoms with Crippen LogP contribution in [0.1, 0.15) is 41.6 Å². The molecule has 0 bridgehead atoms. The summed E-state index contributed by atoms with van der Waals surface area (Å²) in [6.45, 7) is 2.38. The zero-order chi connectivity index (χ0) is 13.2. The largest absolute Gasteiger partial charge is 0.345 e. The summed E-state index contributed by atoms with van der Waals surface area (Å²) in [4.78, 5) is 12.3. The van der Waals surface area contributed by atoms with Gasteiger partial charge in [-0.15, -0.1) is 0 Å². The van der Waals surface area contributed by atoms with Gasteiger partial charge in [0.25, 0.3) is 5.91 Å². The second kappa shape index (κ2) is 5.29. The molecule has 0 spiro atoms. The number of benzene rings is 1. The fourth-order valence-corrected chi connectivity index (χ4v) is 2.77. The average molecular weight is 267 g/mol. The molecule has 18 heavy (non-hydrogen) atoms. The molecule has 0 unspecified atom stereocenters. The highest BCUT2D eigenvalue weighted by molar-refractivity contribution is 6.34. The van der Waals surface area contributed by atoms with E-state index in [4.69, 9.17) is 17.3 Å². The summed E-state index contributed by atoms with van der Waals surface area (Å²) in [7, 11) is 0. The lowest BCUT2D eigenvalue weighted by Crippen LogP contribution is -2.51. The minimum absolute atomic E-state index is 0.115. The quantitative estimate of drug-likeness (QED) is 0.884. The van der Waals surface area contributed by atoms with Crippen molar-refractivity contribution in [2.24, 2.45) is 5.73 Å². The third-order valence-corrected chi connectivity index (χ3v) is 4.27. The zero-order valence-corrected chi connectivity index (χ0v) is 11.4. The predicted octanol–water partition coefficient (Wildman–Crippen LogP) is 2.65. The van der Waals surface area contributed by atoms with Crippen molar-refractivity contribution in [3.63, 3.8) is 0 Å². The highest BCUT2D eigenvalue weighted by atomic mass is 35.5. The summed E-state index contributed by atoms with van der Waals surface area (Å²) >= 11 is 6.17. The number of aryl methyl sites for hydroxylation is 1. The number of carbonyl (C=O) groups excluding carboxylic acids is 1. The van der Waals surface area contributed by atoms with Crippen LogP contribution < -0.4 is 11.1 Å². The van der Waals surface area contributed by atoms with E-state index >= 15 is 0 Å². The molecule has 3 N–H and O–H groups in total. The number of halogens is 1. The van der Waals surface area contributed by atoms with Gasteiger partial charge in [0.15, 0.2) is 0 Å². The Kier molecular flexibility index (Phi) is 3.93. The molecule has 4 heteroatoms. The van der Waals surface area contributed by atoms with E-state index in [0.717, 1.165) is 31.2 Å². The Hall–Kier alpha value is -1.06. The minimum Gasteiger partial charge on any atom is -0.345 e. The molecule has 98 valence electrons. The molecule has 0 atom stereocenters. The third-order valence-electron chi connectivity index (χ3n) is 3.77. The third kappa shape index (κ3) is 2.52. The normalized spacial score (nSPS) is 17.7. The van der Waals surface area contributed by atoms with Gasteiger partial charge in [0, 0.05) is 6.54 Å². The number of hydrogen-bond acceptors (Lipinski definition) is 2. The fraction of sp³-hybridized carbons (Fsp3) is 0.500. The van der Waals surface area contributed by atoms with Crippen LogP contribution in [0, 0.1) is 6.92 Å². The van der Waals surface area contributed by atoms with Crippen molar-refractivity contribution in [3.05, 3.63) is 34.3 Å². The molecular weight excluding hydrogens is 248 g/mol. The lowest BCUT2D eigenvalue weighted by atomic mass is 9.97. The summed E-state index contributed by atoms with van der Waals surface area (Å²) in [6, 6.07) is 5.50. The number of nitrogens with two attached hydrogens (primary N) is 1. The topological polar surface area (TPSA) is 55.1 Å². The van der Waals surface area contributed by atoms with Crippen LogP contribution in [0.25, 0.3) is 0 Å². The van der Waals surface area contributed by atoms with E-state index < -0.39 is 0 Å². The van der Waals surface area contributed by atoms with E-state index in [1.807, 2.05) is 19.1 Å². The van der Waals surface area contributed by atoms with Crippen molar-refractivity contribution in [1.29, 1.82) is 0 Å². The standard InChI is InChI=1S/C14H19ClN2O/c1-10-5-4-6-11(12(10)15)13(18)17-14(9-16)7-2-3-8-14/h4-6H,2-3,7-9,16H2,1H3,(H,17,18). The number of rotatable bonds is 3. The van der Waals surface area contributed by atoms with E-state index in [0.29, 0.717) is 17.1 Å². The van der Waals surface area contributed by atoms with Crippen molar-refractivity contribution in [1.82, 2.24) is 5.32 Å². The van der Waals surface area contributed by atoms with Gasteiger partial charge in [0.1, 0.15) is 0 Å². The second-order valence-electron chi connectivity index (χ2n) is 5.08. The Bertz CT molecular complexity index is 453. The molecule has 1 aliphatic rings. The van der Waals surface area contributed by atoms with Gasteiger partial charge >= 0.3 is 0 Å². The highest BCUT2D eigenvalue weighted by Gasteiger charge is 2.34. The highest BCUT2D eigenvalue weighted by Crippen LogP contribution is 2.29. The molecule has 3 nitrogen and oxygen atoms in total. The van der Waals surface area contributed by atoms with Crippen molar-refractivity contribution < 1.29 is 4.79 Å². The van der Waals surface area contributed by atoms with Crippen LogP contribution in [-0.4, -0.2) is 18.0 Å². The molecule has 1 fully saturated rings. The van der Waals surface area contributed by atoms with E-state index in [-0.39, 0.29) is 11.4 Å². The van der Waals surface area contributed by atoms with Crippen molar-refractivity contribution in [2.45, 2.75) is 38.1 Å². The lowest BCUT2D eigenvalue weighted by molar-refractivity contribution is 0.0903. The van der Waals surface area contributed by atoms with Crippen LogP contribution >= 0.6 is 11.6 Å². The Morgan fingerprint density at radius 2 is 2.11 bits per heavy atom. The summed E-state index contributed by atoms with van der Waals surface area (Å²) in [5.74, 6) is -0.115. The van der Waals surface area contributed by atoms with Crippen LogP contribution in [0.4, 0.5) is 0 Å². The number of amides is 1. The minimum atomic E-state index is -0.232. The fourth-order valence-electron chi connectivity index (χ4n) is 2.56. The van der Waals surface area contributed by atoms with E-state index in [2.05, 4.69) is 5.32 Å². The first-order valence-electron chi connectivity index (χ1n) is 6.36. The molecule has 1 aromatic rings. The first-order valence-corrected chi connectivity index (χ1v) is 6.73. The summed E-state index contributed by atoms with van der Waals surface area (Å²) < 4.78 is 0. The molecule has 1 aromatic carbocycles. The maximum atomic E-state index is 12.3. The Morgan fingerprint density at radius 1 is 1.44 bits per heavy atom. The number of carbonyl (C=O) groups is 1. The molecular formula is C14H19ClN2O. The van der Waals surface area contributed by atoms with Gasteiger partial charge in [0.05, 0.1) is 16.1 Å². The predicted molar refractivity (Wildman–Crippen MR) is 73.9 cm³/mol. The Labute approximate surface area is 113 Å². The van der Waals surface area contributed by atoms with E-state index in [1.54, 1.807) is 6.07 Å². The molecule has 2 rings (SSSR count). The lowest BCUT2D eigenvalue weighted by Gasteiger charge is -2.29. The molecule has 1 amide bonds. The molecule has 1 saturated carbocycles. The van der Waals surface area contributed by atoms with Crippen LogP contribution in [-0.2, 0) is 0 Å². The van der Waals surface area contributed by atoms with E-state index in [9.17, 15) is 4.79 Å². The maximum Gasteiger partial charge on any atom is 0.253 e. The molecule has 0 heterocycles. The van der Waals surface area contributed by atoms with Crippen molar-refractivity contribution >= 4 is 17.5 Å². The first-order chi connectivity index (χ1) is 8.58. The van der Waals surface area contributed by atoms with Gasteiger partial charge in [-0.25, -0.2) is 0 Å². The molecule has 0 radical (unpaired) electrons. The first kappa shape index (κ1) is 13.4.